The second kappa shape index (κ2) is 8.54. The van der Waals surface area contributed by atoms with Crippen molar-refractivity contribution in [1.82, 2.24) is 0 Å². The van der Waals surface area contributed by atoms with Crippen molar-refractivity contribution in [2.45, 2.75) is 51.9 Å². The summed E-state index contributed by atoms with van der Waals surface area (Å²) in [6, 6.07) is 0. The first-order valence-electron chi connectivity index (χ1n) is 7.61. The quantitative estimate of drug-likeness (QED) is 0.593. The molecular formula is C13H28O8P2. The first kappa shape index (κ1) is 21.3. The van der Waals surface area contributed by atoms with E-state index in [1.54, 1.807) is 13.8 Å². The Labute approximate surface area is 137 Å². The molecule has 1 aliphatic carbocycles. The van der Waals surface area contributed by atoms with E-state index in [0.717, 1.165) is 0 Å². The van der Waals surface area contributed by atoms with Gasteiger partial charge in [-0.3, -0.25) is 13.6 Å². The lowest BCUT2D eigenvalue weighted by Crippen LogP contribution is -2.32. The van der Waals surface area contributed by atoms with Gasteiger partial charge in [0.25, 0.3) is 0 Å². The van der Waals surface area contributed by atoms with Gasteiger partial charge in [0.1, 0.15) is 0 Å². The summed E-state index contributed by atoms with van der Waals surface area (Å²) in [5.41, 5.74) is 0. The standard InChI is InChI=1S/C13H28O8P2/c1-9(2)20-23(16,17)21-13-11(6-7-22(14,15)19-5)8-10(3)12(13)18-4/h9-13H,6-8H2,1-5H3,(H,14,15)(H,16,17)/t10?,11-,12-,13+/m0/s1. The van der Waals surface area contributed by atoms with E-state index in [-0.39, 0.29) is 24.1 Å². The monoisotopic (exact) mass is 374 g/mol. The van der Waals surface area contributed by atoms with Crippen LogP contribution in [-0.2, 0) is 27.4 Å². The molecule has 8 nitrogen and oxygen atoms in total. The minimum Gasteiger partial charge on any atom is -0.378 e. The van der Waals surface area contributed by atoms with E-state index in [1.165, 1.54) is 14.2 Å². The minimum absolute atomic E-state index is 0.0437. The summed E-state index contributed by atoms with van der Waals surface area (Å²) in [7, 11) is -5.17. The molecule has 0 aromatic rings. The van der Waals surface area contributed by atoms with Gasteiger partial charge in [0.05, 0.1) is 24.5 Å². The topological polar surface area (TPSA) is 112 Å². The number of ether oxygens (including phenoxy) is 1. The van der Waals surface area contributed by atoms with E-state index in [2.05, 4.69) is 4.52 Å². The van der Waals surface area contributed by atoms with E-state index < -0.39 is 27.6 Å². The number of methoxy groups -OCH3 is 1. The summed E-state index contributed by atoms with van der Waals surface area (Å²) >= 11 is 0. The fraction of sp³-hybridized carbons (Fsp3) is 1.00. The summed E-state index contributed by atoms with van der Waals surface area (Å²) in [6.45, 7) is 5.22. The van der Waals surface area contributed by atoms with E-state index in [9.17, 15) is 18.9 Å². The smallest absolute Gasteiger partial charge is 0.378 e. The van der Waals surface area contributed by atoms with Crippen LogP contribution < -0.4 is 0 Å². The Kier molecular flexibility index (Phi) is 7.90. The molecule has 0 heterocycles. The Hall–Kier alpha value is 0.220. The van der Waals surface area contributed by atoms with Crippen molar-refractivity contribution in [3.05, 3.63) is 0 Å². The molecule has 0 amide bonds. The summed E-state index contributed by atoms with van der Waals surface area (Å²) in [6.07, 6.45) is -0.571. The van der Waals surface area contributed by atoms with Crippen LogP contribution in [0.3, 0.4) is 0 Å². The fourth-order valence-corrected chi connectivity index (χ4v) is 5.02. The van der Waals surface area contributed by atoms with Crippen LogP contribution in [0.15, 0.2) is 0 Å². The van der Waals surface area contributed by atoms with Crippen LogP contribution in [0.5, 0.6) is 0 Å². The lowest BCUT2D eigenvalue weighted by molar-refractivity contribution is -0.0291. The van der Waals surface area contributed by atoms with E-state index >= 15 is 0 Å². The van der Waals surface area contributed by atoms with Gasteiger partial charge in [0, 0.05) is 14.2 Å². The molecule has 1 rings (SSSR count). The van der Waals surface area contributed by atoms with E-state index in [1.807, 2.05) is 6.92 Å². The Balaban J connectivity index is 2.83. The normalized spacial score (nSPS) is 33.6. The summed E-state index contributed by atoms with van der Waals surface area (Å²) in [5, 5.41) is 0. The van der Waals surface area contributed by atoms with Crippen molar-refractivity contribution in [3.63, 3.8) is 0 Å². The Morgan fingerprint density at radius 2 is 1.78 bits per heavy atom. The predicted octanol–water partition coefficient (Wildman–Crippen LogP) is 2.79. The molecule has 0 spiro atoms. The molecule has 6 atom stereocenters. The largest absolute Gasteiger partial charge is 0.472 e. The number of phosphoric acid groups is 1. The number of hydrogen-bond donors (Lipinski definition) is 2. The maximum Gasteiger partial charge on any atom is 0.472 e. The van der Waals surface area contributed by atoms with Crippen molar-refractivity contribution in [2.75, 3.05) is 20.4 Å². The zero-order valence-corrected chi connectivity index (χ0v) is 16.0. The Bertz CT molecular complexity index is 469. The maximum absolute atomic E-state index is 12.1. The van der Waals surface area contributed by atoms with Crippen LogP contribution in [0.4, 0.5) is 0 Å². The fourth-order valence-electron chi connectivity index (χ4n) is 3.00. The molecule has 0 bridgehead atoms. The SMILES string of the molecule is CO[C@H]1C(C)C[C@H](CCP(=O)(O)OC)[C@H]1OP(=O)(O)OC(C)C. The van der Waals surface area contributed by atoms with Crippen LogP contribution >= 0.6 is 15.4 Å². The van der Waals surface area contributed by atoms with Crippen LogP contribution in [-0.4, -0.2) is 48.5 Å². The van der Waals surface area contributed by atoms with Gasteiger partial charge in [-0.05, 0) is 38.5 Å². The summed E-state index contributed by atoms with van der Waals surface area (Å²) in [5.74, 6) is -0.100. The number of rotatable bonds is 9. The van der Waals surface area contributed by atoms with Crippen molar-refractivity contribution >= 4 is 15.4 Å². The molecule has 1 fully saturated rings. The van der Waals surface area contributed by atoms with Gasteiger partial charge in [-0.15, -0.1) is 0 Å². The molecule has 2 N–H and O–H groups in total. The molecule has 0 aliphatic heterocycles. The van der Waals surface area contributed by atoms with Gasteiger partial charge >= 0.3 is 15.4 Å². The predicted molar refractivity (Wildman–Crippen MR) is 85.3 cm³/mol. The van der Waals surface area contributed by atoms with Crippen molar-refractivity contribution < 1.29 is 37.2 Å². The highest BCUT2D eigenvalue weighted by molar-refractivity contribution is 7.52. The average Bonchev–Trinajstić information content (AvgIpc) is 2.70. The molecule has 0 aromatic heterocycles. The van der Waals surface area contributed by atoms with Gasteiger partial charge in [0.15, 0.2) is 0 Å². The summed E-state index contributed by atoms with van der Waals surface area (Å²) in [4.78, 5) is 19.4. The third kappa shape index (κ3) is 6.56. The van der Waals surface area contributed by atoms with Crippen molar-refractivity contribution in [2.24, 2.45) is 11.8 Å². The lowest BCUT2D eigenvalue weighted by Gasteiger charge is -2.27. The van der Waals surface area contributed by atoms with Gasteiger partial charge in [-0.1, -0.05) is 6.92 Å². The highest BCUT2D eigenvalue weighted by Gasteiger charge is 2.46. The van der Waals surface area contributed by atoms with Crippen LogP contribution in [0, 0.1) is 11.8 Å². The molecular weight excluding hydrogens is 346 g/mol. The third-order valence-corrected chi connectivity index (χ3v) is 6.55. The highest BCUT2D eigenvalue weighted by atomic mass is 31.2. The first-order chi connectivity index (χ1) is 10.5. The summed E-state index contributed by atoms with van der Waals surface area (Å²) < 4.78 is 44.0. The van der Waals surface area contributed by atoms with Crippen LogP contribution in [0.2, 0.25) is 0 Å². The molecule has 138 valence electrons. The molecule has 23 heavy (non-hydrogen) atoms. The minimum atomic E-state index is -4.23. The van der Waals surface area contributed by atoms with E-state index in [4.69, 9.17) is 13.8 Å². The van der Waals surface area contributed by atoms with Crippen LogP contribution in [0.25, 0.3) is 0 Å². The van der Waals surface area contributed by atoms with Gasteiger partial charge in [-0.25, -0.2) is 4.57 Å². The second-order valence-electron chi connectivity index (χ2n) is 6.20. The molecule has 0 aromatic carbocycles. The van der Waals surface area contributed by atoms with Gasteiger partial charge in [0.2, 0.25) is 0 Å². The number of phosphoric ester groups is 1. The first-order valence-corrected chi connectivity index (χ1v) is 10.9. The van der Waals surface area contributed by atoms with Crippen LogP contribution in [0.1, 0.15) is 33.6 Å². The molecule has 10 heteroatoms. The second-order valence-corrected chi connectivity index (χ2v) is 9.64. The number of hydrogen-bond acceptors (Lipinski definition) is 6. The Morgan fingerprint density at radius 3 is 2.26 bits per heavy atom. The molecule has 0 radical (unpaired) electrons. The lowest BCUT2D eigenvalue weighted by atomic mass is 10.0. The van der Waals surface area contributed by atoms with Crippen molar-refractivity contribution in [3.8, 4) is 0 Å². The Morgan fingerprint density at radius 1 is 1.17 bits per heavy atom. The molecule has 0 saturated heterocycles. The maximum atomic E-state index is 12.1. The van der Waals surface area contributed by atoms with Gasteiger partial charge in [-0.2, -0.15) is 0 Å². The zero-order chi connectivity index (χ0) is 17.8. The average molecular weight is 374 g/mol. The van der Waals surface area contributed by atoms with Crippen molar-refractivity contribution in [1.29, 1.82) is 0 Å². The molecule has 1 aliphatic rings. The van der Waals surface area contributed by atoms with E-state index in [0.29, 0.717) is 12.8 Å². The molecule has 1 saturated carbocycles. The molecule has 3 unspecified atom stereocenters. The highest BCUT2D eigenvalue weighted by Crippen LogP contribution is 2.52. The third-order valence-electron chi connectivity index (χ3n) is 3.96. The zero-order valence-electron chi connectivity index (χ0n) is 14.2. The van der Waals surface area contributed by atoms with Gasteiger partial charge < -0.3 is 19.0 Å².